The predicted octanol–water partition coefficient (Wildman–Crippen LogP) is 6.73. The summed E-state index contributed by atoms with van der Waals surface area (Å²) in [6.45, 7) is 9.10. The van der Waals surface area contributed by atoms with Gasteiger partial charge in [-0.25, -0.2) is 9.48 Å². The maximum atomic E-state index is 14.4. The number of nitrogens with zero attached hydrogens (tertiary/aromatic N) is 5. The molecule has 0 radical (unpaired) electrons. The lowest BCUT2D eigenvalue weighted by Crippen LogP contribution is -2.70. The molecule has 2 aromatic carbocycles. The summed E-state index contributed by atoms with van der Waals surface area (Å²) in [5.74, 6) is 0.382. The van der Waals surface area contributed by atoms with Gasteiger partial charge in [-0.1, -0.05) is 26.8 Å². The Labute approximate surface area is 349 Å². The summed E-state index contributed by atoms with van der Waals surface area (Å²) in [5, 5.41) is 18.8. The highest BCUT2D eigenvalue weighted by Crippen LogP contribution is 2.58. The highest BCUT2D eigenvalue weighted by Gasteiger charge is 2.62. The van der Waals surface area contributed by atoms with Gasteiger partial charge in [-0.3, -0.25) is 14.4 Å². The molecule has 0 unspecified atom stereocenters. The Hall–Kier alpha value is -4.91. The van der Waals surface area contributed by atoms with Crippen LogP contribution in [0.2, 0.25) is 0 Å². The Morgan fingerprint density at radius 2 is 1.46 bits per heavy atom. The third kappa shape index (κ3) is 9.00. The highest BCUT2D eigenvalue weighted by atomic mass is 16.5. The standard InChI is InChI=1S/C46H64N6O7/c1-9-13-41(53)50(5)20-11-18-49(4)19-12-21-51(6)44(55)32-16-17-37(35(27-32)29(2)3)52-38(42-39(58-7)14-10-15-40(42)59-8)28-36(48-52)43(54)47-46(45(56)57)33-23-30-22-31(25-33)26-34(46)24-30/h10,14-17,27-31,33-34H,9,11-13,18-26H2,1-8H3,(H,47,54)(H,56,57). The first-order valence-electron chi connectivity index (χ1n) is 21.4. The number of ether oxygens (including phenoxy) is 2. The van der Waals surface area contributed by atoms with Crippen molar-refractivity contribution in [3.8, 4) is 28.4 Å². The number of rotatable bonds is 19. The smallest absolute Gasteiger partial charge is 0.330 e. The number of aliphatic carboxylic acids is 1. The van der Waals surface area contributed by atoms with Gasteiger partial charge in [-0.15, -0.1) is 0 Å². The highest BCUT2D eigenvalue weighted by molar-refractivity contribution is 5.98. The second-order valence-electron chi connectivity index (χ2n) is 17.5. The van der Waals surface area contributed by atoms with Crippen molar-refractivity contribution in [3.05, 3.63) is 59.3 Å². The lowest BCUT2D eigenvalue weighted by Gasteiger charge is -2.59. The molecule has 320 valence electrons. The molecule has 4 bridgehead atoms. The SMILES string of the molecule is CCCC(=O)N(C)CCCN(C)CCCN(C)C(=O)c1ccc(-n2nc(C(=O)NC3(C(=O)O)C4CC5CC(C4)CC3C5)cc2-c2c(OC)cccc2OC)c(C(C)C)c1. The molecule has 4 saturated carbocycles. The van der Waals surface area contributed by atoms with Gasteiger partial charge in [-0.05, 0) is 143 Å². The lowest BCUT2D eigenvalue weighted by molar-refractivity contribution is -0.163. The molecule has 0 spiro atoms. The average Bonchev–Trinajstić information content (AvgIpc) is 3.66. The maximum absolute atomic E-state index is 14.4. The first-order valence-corrected chi connectivity index (χ1v) is 21.4. The summed E-state index contributed by atoms with van der Waals surface area (Å²) in [4.78, 5) is 59.3. The van der Waals surface area contributed by atoms with E-state index < -0.39 is 17.4 Å². The molecule has 4 aliphatic rings. The molecule has 4 aliphatic carbocycles. The van der Waals surface area contributed by atoms with Crippen LogP contribution in [0, 0.1) is 23.7 Å². The molecule has 1 aromatic heterocycles. The van der Waals surface area contributed by atoms with Crippen molar-refractivity contribution < 1.29 is 33.8 Å². The fraction of sp³-hybridized carbons (Fsp3) is 0.587. The zero-order valence-corrected chi connectivity index (χ0v) is 36.3. The largest absolute Gasteiger partial charge is 0.496 e. The van der Waals surface area contributed by atoms with Crippen LogP contribution in [-0.2, 0) is 9.59 Å². The Morgan fingerprint density at radius 1 is 0.864 bits per heavy atom. The van der Waals surface area contributed by atoms with Crippen LogP contribution in [0.4, 0.5) is 0 Å². The predicted molar refractivity (Wildman–Crippen MR) is 227 cm³/mol. The number of nitrogens with one attached hydrogen (secondary N) is 1. The topological polar surface area (TPSA) is 147 Å². The number of amides is 3. The molecule has 13 nitrogen and oxygen atoms in total. The first kappa shape index (κ1) is 43.7. The van der Waals surface area contributed by atoms with Crippen molar-refractivity contribution >= 4 is 23.7 Å². The molecular formula is C46H64N6O7. The first-order chi connectivity index (χ1) is 28.2. The number of carbonyl (C=O) groups is 4. The van der Waals surface area contributed by atoms with Crippen LogP contribution in [0.5, 0.6) is 11.5 Å². The van der Waals surface area contributed by atoms with Crippen molar-refractivity contribution in [1.29, 1.82) is 0 Å². The normalized spacial score (nSPS) is 21.8. The Morgan fingerprint density at radius 3 is 2.00 bits per heavy atom. The van der Waals surface area contributed by atoms with Crippen molar-refractivity contribution in [2.24, 2.45) is 23.7 Å². The van der Waals surface area contributed by atoms with Gasteiger partial charge < -0.3 is 34.6 Å². The molecule has 3 aromatic rings. The minimum absolute atomic E-state index is 0.0368. The van der Waals surface area contributed by atoms with Gasteiger partial charge >= 0.3 is 5.97 Å². The van der Waals surface area contributed by atoms with Gasteiger partial charge in [0.1, 0.15) is 17.0 Å². The van der Waals surface area contributed by atoms with Crippen molar-refractivity contribution in [2.45, 2.75) is 90.0 Å². The Balaban J connectivity index is 1.25. The molecule has 1 heterocycles. The number of carboxylic acids is 1. The minimum atomic E-state index is -1.34. The van der Waals surface area contributed by atoms with Gasteiger partial charge in [0.25, 0.3) is 11.8 Å². The van der Waals surface area contributed by atoms with Crippen LogP contribution in [-0.4, -0.2) is 120 Å². The zero-order valence-electron chi connectivity index (χ0n) is 36.3. The van der Waals surface area contributed by atoms with Crippen molar-refractivity contribution in [3.63, 3.8) is 0 Å². The van der Waals surface area contributed by atoms with E-state index in [0.29, 0.717) is 58.8 Å². The fourth-order valence-corrected chi connectivity index (χ4v) is 10.2. The maximum Gasteiger partial charge on any atom is 0.330 e. The van der Waals surface area contributed by atoms with Crippen LogP contribution in [0.3, 0.4) is 0 Å². The molecule has 2 N–H and O–H groups in total. The van der Waals surface area contributed by atoms with E-state index in [0.717, 1.165) is 76.6 Å². The van der Waals surface area contributed by atoms with E-state index in [1.54, 1.807) is 40.8 Å². The molecule has 3 amide bonds. The second-order valence-corrected chi connectivity index (χ2v) is 17.5. The summed E-state index contributed by atoms with van der Waals surface area (Å²) < 4.78 is 13.3. The monoisotopic (exact) mass is 812 g/mol. The summed E-state index contributed by atoms with van der Waals surface area (Å²) in [5.41, 5.74) is 1.92. The molecular weight excluding hydrogens is 749 g/mol. The molecule has 59 heavy (non-hydrogen) atoms. The number of benzene rings is 2. The molecule has 7 rings (SSSR count). The third-order valence-electron chi connectivity index (χ3n) is 13.2. The van der Waals surface area contributed by atoms with Gasteiger partial charge in [0.2, 0.25) is 5.91 Å². The number of hydrogen-bond donors (Lipinski definition) is 2. The lowest BCUT2D eigenvalue weighted by atomic mass is 9.48. The van der Waals surface area contributed by atoms with Gasteiger partial charge in [0.15, 0.2) is 5.69 Å². The average molecular weight is 813 g/mol. The minimum Gasteiger partial charge on any atom is -0.496 e. The number of carboxylic acid groups (broad SMARTS) is 1. The van der Waals surface area contributed by atoms with Crippen molar-refractivity contribution in [2.75, 3.05) is 61.5 Å². The number of methoxy groups -OCH3 is 2. The Bertz CT molecular complexity index is 1960. The summed E-state index contributed by atoms with van der Waals surface area (Å²) in [6.07, 6.45) is 7.53. The van der Waals surface area contributed by atoms with E-state index in [9.17, 15) is 24.3 Å². The molecule has 4 fully saturated rings. The third-order valence-corrected chi connectivity index (χ3v) is 13.2. The van der Waals surface area contributed by atoms with E-state index >= 15 is 0 Å². The molecule has 0 saturated heterocycles. The van der Waals surface area contributed by atoms with Crippen LogP contribution in [0.1, 0.15) is 111 Å². The van der Waals surface area contributed by atoms with Crippen LogP contribution >= 0.6 is 0 Å². The van der Waals surface area contributed by atoms with Gasteiger partial charge in [0.05, 0.1) is 31.2 Å². The Kier molecular flexibility index (Phi) is 13.7. The van der Waals surface area contributed by atoms with E-state index in [2.05, 4.69) is 17.3 Å². The zero-order chi connectivity index (χ0) is 42.6. The number of aromatic nitrogens is 2. The fourth-order valence-electron chi connectivity index (χ4n) is 10.2. The second kappa shape index (κ2) is 18.6. The summed E-state index contributed by atoms with van der Waals surface area (Å²) >= 11 is 0. The molecule has 13 heteroatoms. The van der Waals surface area contributed by atoms with E-state index in [4.69, 9.17) is 14.6 Å². The van der Waals surface area contributed by atoms with Crippen LogP contribution in [0.25, 0.3) is 16.9 Å². The van der Waals surface area contributed by atoms with Gasteiger partial charge in [0, 0.05) is 39.2 Å². The van der Waals surface area contributed by atoms with Crippen LogP contribution in [0.15, 0.2) is 42.5 Å². The molecule has 0 aliphatic heterocycles. The summed E-state index contributed by atoms with van der Waals surface area (Å²) in [7, 11) is 8.88. The van der Waals surface area contributed by atoms with Gasteiger partial charge in [-0.2, -0.15) is 5.10 Å². The van der Waals surface area contributed by atoms with Crippen molar-refractivity contribution in [1.82, 2.24) is 29.8 Å². The number of hydrogen-bond acceptors (Lipinski definition) is 8. The van der Waals surface area contributed by atoms with Crippen LogP contribution < -0.4 is 14.8 Å². The van der Waals surface area contributed by atoms with E-state index in [1.807, 2.05) is 65.2 Å². The van der Waals surface area contributed by atoms with E-state index in [-0.39, 0.29) is 35.3 Å². The van der Waals surface area contributed by atoms with E-state index in [1.165, 1.54) is 0 Å². The number of carbonyl (C=O) groups excluding carboxylic acids is 3. The quantitative estimate of drug-likeness (QED) is 0.135. The summed E-state index contributed by atoms with van der Waals surface area (Å²) in [6, 6.07) is 12.7. The molecule has 0 atom stereocenters.